The largest absolute Gasteiger partial charge is 0.452 e. The highest BCUT2D eigenvalue weighted by atomic mass is 35.5. The SMILES string of the molecule is CC1CCCC(C)N1C(=O)COC(=O)c1cc(S(=O)(=O)N(C)c2ccc(F)cc2)ccc1Cl. The van der Waals surface area contributed by atoms with E-state index in [0.29, 0.717) is 0 Å². The van der Waals surface area contributed by atoms with E-state index in [9.17, 15) is 22.4 Å². The molecule has 3 rings (SSSR count). The maximum absolute atomic E-state index is 13.2. The number of anilines is 1. The zero-order valence-corrected chi connectivity index (χ0v) is 20.2. The Balaban J connectivity index is 1.77. The molecule has 2 unspecified atom stereocenters. The summed E-state index contributed by atoms with van der Waals surface area (Å²) in [5, 5.41) is -0.00413. The average molecular weight is 497 g/mol. The summed E-state index contributed by atoms with van der Waals surface area (Å²) in [4.78, 5) is 26.8. The molecule has 0 bridgehead atoms. The van der Waals surface area contributed by atoms with Gasteiger partial charge in [-0.05, 0) is 75.6 Å². The van der Waals surface area contributed by atoms with E-state index in [1.54, 1.807) is 4.90 Å². The van der Waals surface area contributed by atoms with E-state index >= 15 is 0 Å². The van der Waals surface area contributed by atoms with Crippen LogP contribution in [-0.4, -0.2) is 50.9 Å². The Kier molecular flexibility index (Phi) is 7.64. The summed E-state index contributed by atoms with van der Waals surface area (Å²) in [6.45, 7) is 3.45. The van der Waals surface area contributed by atoms with Crippen LogP contribution in [0.1, 0.15) is 43.5 Å². The minimum atomic E-state index is -4.07. The summed E-state index contributed by atoms with van der Waals surface area (Å²) in [5.41, 5.74) is 0.0728. The fourth-order valence-corrected chi connectivity index (χ4v) is 5.38. The normalized spacial score (nSPS) is 18.6. The molecule has 2 atom stereocenters. The fourth-order valence-electron chi connectivity index (χ4n) is 3.96. The van der Waals surface area contributed by atoms with Gasteiger partial charge in [-0.3, -0.25) is 9.10 Å². The molecule has 0 aromatic heterocycles. The minimum Gasteiger partial charge on any atom is -0.452 e. The zero-order valence-electron chi connectivity index (χ0n) is 18.6. The molecule has 0 aliphatic carbocycles. The number of sulfonamides is 1. The van der Waals surface area contributed by atoms with E-state index in [4.69, 9.17) is 16.3 Å². The smallest absolute Gasteiger partial charge is 0.340 e. The number of piperidine rings is 1. The van der Waals surface area contributed by atoms with E-state index in [1.165, 1.54) is 31.3 Å². The number of halogens is 2. The lowest BCUT2D eigenvalue weighted by molar-refractivity contribution is -0.140. The summed E-state index contributed by atoms with van der Waals surface area (Å²) in [7, 11) is -2.76. The molecule has 2 aromatic carbocycles. The van der Waals surface area contributed by atoms with Gasteiger partial charge in [-0.15, -0.1) is 0 Å². The number of esters is 1. The van der Waals surface area contributed by atoms with Crippen molar-refractivity contribution in [3.8, 4) is 0 Å². The molecule has 10 heteroatoms. The number of hydrogen-bond donors (Lipinski definition) is 0. The van der Waals surface area contributed by atoms with Crippen LogP contribution in [0.5, 0.6) is 0 Å². The highest BCUT2D eigenvalue weighted by Crippen LogP contribution is 2.27. The summed E-state index contributed by atoms with van der Waals surface area (Å²) in [6, 6.07) is 8.70. The number of likely N-dealkylation sites (tertiary alicyclic amines) is 1. The van der Waals surface area contributed by atoms with Gasteiger partial charge in [0, 0.05) is 19.1 Å². The third kappa shape index (κ3) is 5.47. The molecular weight excluding hydrogens is 471 g/mol. The molecule has 33 heavy (non-hydrogen) atoms. The molecule has 0 radical (unpaired) electrons. The van der Waals surface area contributed by atoms with Crippen LogP contribution in [0.3, 0.4) is 0 Å². The van der Waals surface area contributed by atoms with Crippen molar-refractivity contribution in [2.45, 2.75) is 50.1 Å². The van der Waals surface area contributed by atoms with Crippen molar-refractivity contribution in [3.05, 3.63) is 58.9 Å². The van der Waals surface area contributed by atoms with Gasteiger partial charge in [0.05, 0.1) is 21.2 Å². The van der Waals surface area contributed by atoms with Crippen LogP contribution >= 0.6 is 11.6 Å². The van der Waals surface area contributed by atoms with Gasteiger partial charge < -0.3 is 9.64 Å². The topological polar surface area (TPSA) is 84.0 Å². The number of carbonyl (C=O) groups is 2. The number of amides is 1. The maximum Gasteiger partial charge on any atom is 0.340 e. The molecule has 0 N–H and O–H groups in total. The lowest BCUT2D eigenvalue weighted by Gasteiger charge is -2.38. The number of nitrogens with zero attached hydrogens (tertiary/aromatic N) is 2. The van der Waals surface area contributed by atoms with Gasteiger partial charge in [0.15, 0.2) is 6.61 Å². The summed E-state index contributed by atoms with van der Waals surface area (Å²) < 4.78 is 45.4. The van der Waals surface area contributed by atoms with Crippen molar-refractivity contribution in [2.24, 2.45) is 0 Å². The standard InChI is InChI=1S/C23H26ClFN2O5S/c1-15-5-4-6-16(2)27(15)22(28)14-32-23(29)20-13-19(11-12-21(20)24)33(30,31)26(3)18-9-7-17(25)8-10-18/h7-13,15-16H,4-6,14H2,1-3H3. The fraction of sp³-hybridized carbons (Fsp3) is 0.391. The second-order valence-corrected chi connectivity index (χ2v) is 10.5. The van der Waals surface area contributed by atoms with Crippen LogP contribution in [0.15, 0.2) is 47.4 Å². The summed E-state index contributed by atoms with van der Waals surface area (Å²) >= 11 is 6.12. The second kappa shape index (κ2) is 10.1. The average Bonchev–Trinajstić information content (AvgIpc) is 2.77. The Morgan fingerprint density at radius 1 is 1.12 bits per heavy atom. The van der Waals surface area contributed by atoms with Gasteiger partial charge in [-0.2, -0.15) is 0 Å². The van der Waals surface area contributed by atoms with Gasteiger partial charge in [0.2, 0.25) is 0 Å². The van der Waals surface area contributed by atoms with Crippen molar-refractivity contribution < 1.29 is 27.1 Å². The number of hydrogen-bond acceptors (Lipinski definition) is 5. The van der Waals surface area contributed by atoms with E-state index in [2.05, 4.69) is 0 Å². The second-order valence-electron chi connectivity index (χ2n) is 8.10. The number of benzene rings is 2. The molecule has 7 nitrogen and oxygen atoms in total. The zero-order chi connectivity index (χ0) is 24.3. The van der Waals surface area contributed by atoms with E-state index < -0.39 is 28.4 Å². The quantitative estimate of drug-likeness (QED) is 0.558. The Morgan fingerprint density at radius 2 is 1.73 bits per heavy atom. The number of ether oxygens (including phenoxy) is 1. The van der Waals surface area contributed by atoms with Crippen LogP contribution in [-0.2, 0) is 19.6 Å². The first-order valence-electron chi connectivity index (χ1n) is 10.5. The monoisotopic (exact) mass is 496 g/mol. The molecule has 1 saturated heterocycles. The predicted octanol–water partition coefficient (Wildman–Crippen LogP) is 4.25. The molecule has 0 spiro atoms. The van der Waals surface area contributed by atoms with Gasteiger partial charge in [-0.1, -0.05) is 11.6 Å². The van der Waals surface area contributed by atoms with Crippen LogP contribution in [0.4, 0.5) is 10.1 Å². The Morgan fingerprint density at radius 3 is 2.33 bits per heavy atom. The number of carbonyl (C=O) groups excluding carboxylic acids is 2. The molecule has 1 aliphatic heterocycles. The Labute approximate surface area is 198 Å². The molecule has 1 amide bonds. The maximum atomic E-state index is 13.2. The van der Waals surface area contributed by atoms with Crippen molar-refractivity contribution >= 4 is 39.2 Å². The van der Waals surface area contributed by atoms with Crippen LogP contribution in [0.25, 0.3) is 0 Å². The number of rotatable bonds is 6. The minimum absolute atomic E-state index is 0.00413. The third-order valence-electron chi connectivity index (χ3n) is 5.81. The first kappa shape index (κ1) is 25.0. The Bertz CT molecular complexity index is 1130. The summed E-state index contributed by atoms with van der Waals surface area (Å²) in [6.07, 6.45) is 2.81. The highest BCUT2D eigenvalue weighted by Gasteiger charge is 2.30. The first-order valence-corrected chi connectivity index (χ1v) is 12.4. The van der Waals surface area contributed by atoms with E-state index in [0.717, 1.165) is 41.8 Å². The van der Waals surface area contributed by atoms with Crippen molar-refractivity contribution in [1.29, 1.82) is 0 Å². The van der Waals surface area contributed by atoms with E-state index in [-0.39, 0.29) is 39.2 Å². The van der Waals surface area contributed by atoms with Gasteiger partial charge in [0.1, 0.15) is 5.82 Å². The van der Waals surface area contributed by atoms with Crippen LogP contribution in [0.2, 0.25) is 5.02 Å². The van der Waals surface area contributed by atoms with Gasteiger partial charge in [0.25, 0.3) is 15.9 Å². The van der Waals surface area contributed by atoms with Crippen molar-refractivity contribution in [1.82, 2.24) is 4.90 Å². The third-order valence-corrected chi connectivity index (χ3v) is 7.93. The lowest BCUT2D eigenvalue weighted by Crippen LogP contribution is -2.49. The van der Waals surface area contributed by atoms with Crippen LogP contribution < -0.4 is 4.31 Å². The van der Waals surface area contributed by atoms with Gasteiger partial charge >= 0.3 is 5.97 Å². The van der Waals surface area contributed by atoms with Crippen LogP contribution in [0, 0.1) is 5.82 Å². The predicted molar refractivity (Wildman–Crippen MR) is 123 cm³/mol. The molecule has 2 aromatic rings. The molecule has 1 heterocycles. The van der Waals surface area contributed by atoms with Crippen molar-refractivity contribution in [3.63, 3.8) is 0 Å². The molecular formula is C23H26ClFN2O5S. The molecule has 178 valence electrons. The molecule has 0 saturated carbocycles. The highest BCUT2D eigenvalue weighted by molar-refractivity contribution is 7.92. The molecule has 1 aliphatic rings. The van der Waals surface area contributed by atoms with Gasteiger partial charge in [-0.25, -0.2) is 17.6 Å². The van der Waals surface area contributed by atoms with Crippen molar-refractivity contribution in [2.75, 3.05) is 18.0 Å². The Hall–Kier alpha value is -2.65. The molecule has 1 fully saturated rings. The first-order chi connectivity index (χ1) is 15.5. The van der Waals surface area contributed by atoms with E-state index in [1.807, 2.05) is 13.8 Å². The summed E-state index contributed by atoms with van der Waals surface area (Å²) in [5.74, 6) is -1.70. The lowest BCUT2D eigenvalue weighted by atomic mass is 9.97.